The zero-order valence-corrected chi connectivity index (χ0v) is 20.1. The van der Waals surface area contributed by atoms with Gasteiger partial charge in [0.1, 0.15) is 11.3 Å². The molecule has 5 aromatic heterocycles. The molecule has 36 heavy (non-hydrogen) atoms. The van der Waals surface area contributed by atoms with E-state index in [9.17, 15) is 0 Å². The van der Waals surface area contributed by atoms with Gasteiger partial charge in [-0.2, -0.15) is 5.10 Å². The van der Waals surface area contributed by atoms with E-state index in [0.717, 1.165) is 62.3 Å². The molecule has 2 N–H and O–H groups in total. The Morgan fingerprint density at radius 1 is 0.861 bits per heavy atom. The van der Waals surface area contributed by atoms with Crippen LogP contribution in [0.25, 0.3) is 56.0 Å². The van der Waals surface area contributed by atoms with E-state index in [1.165, 1.54) is 0 Å². The van der Waals surface area contributed by atoms with Gasteiger partial charge in [-0.25, -0.2) is 9.97 Å². The summed E-state index contributed by atoms with van der Waals surface area (Å²) in [7, 11) is 5.73. The fraction of sp³-hybridized carbons (Fsp3) is 0.148. The third kappa shape index (κ3) is 3.95. The highest BCUT2D eigenvalue weighted by molar-refractivity contribution is 5.95. The Bertz CT molecular complexity index is 1700. The number of benzene rings is 1. The van der Waals surface area contributed by atoms with E-state index in [4.69, 9.17) is 14.7 Å². The lowest BCUT2D eigenvalue weighted by atomic mass is 10.1. The number of hydrogen-bond acceptors (Lipinski definition) is 7. The van der Waals surface area contributed by atoms with Gasteiger partial charge >= 0.3 is 0 Å². The minimum atomic E-state index is 0.623. The first-order valence-corrected chi connectivity index (χ1v) is 11.5. The van der Waals surface area contributed by atoms with Crippen molar-refractivity contribution in [2.24, 2.45) is 0 Å². The van der Waals surface area contributed by atoms with E-state index in [1.807, 2.05) is 69.1 Å². The van der Waals surface area contributed by atoms with Crippen molar-refractivity contribution >= 4 is 22.1 Å². The van der Waals surface area contributed by atoms with Gasteiger partial charge in [0, 0.05) is 36.3 Å². The van der Waals surface area contributed by atoms with Crippen LogP contribution in [0.15, 0.2) is 67.3 Å². The number of nitrogens with one attached hydrogen (secondary N) is 2. The van der Waals surface area contributed by atoms with Gasteiger partial charge in [-0.3, -0.25) is 15.1 Å². The van der Waals surface area contributed by atoms with Crippen molar-refractivity contribution in [3.05, 3.63) is 72.8 Å². The van der Waals surface area contributed by atoms with Crippen LogP contribution in [0.2, 0.25) is 0 Å². The second-order valence-corrected chi connectivity index (χ2v) is 8.89. The average Bonchev–Trinajstić information content (AvgIpc) is 3.52. The predicted octanol–water partition coefficient (Wildman–Crippen LogP) is 4.70. The molecule has 0 aliphatic heterocycles. The molecule has 9 heteroatoms. The molecular weight excluding hydrogens is 452 g/mol. The summed E-state index contributed by atoms with van der Waals surface area (Å²) in [6.07, 6.45) is 7.30. The molecule has 0 bridgehead atoms. The number of aromatic amines is 2. The number of ether oxygens (including phenoxy) is 1. The summed E-state index contributed by atoms with van der Waals surface area (Å²) in [4.78, 5) is 24.2. The number of imidazole rings is 1. The molecule has 0 saturated heterocycles. The maximum absolute atomic E-state index is 5.40. The van der Waals surface area contributed by atoms with Crippen molar-refractivity contribution in [2.45, 2.75) is 6.54 Å². The number of fused-ring (bicyclic) bond motifs is 2. The van der Waals surface area contributed by atoms with Crippen molar-refractivity contribution < 1.29 is 4.74 Å². The molecule has 0 amide bonds. The van der Waals surface area contributed by atoms with Crippen LogP contribution in [0.3, 0.4) is 0 Å². The molecule has 178 valence electrons. The molecule has 0 aliphatic rings. The van der Waals surface area contributed by atoms with E-state index in [-0.39, 0.29) is 0 Å². The maximum Gasteiger partial charge on any atom is 0.161 e. The lowest BCUT2D eigenvalue weighted by molar-refractivity contribution is 0.402. The van der Waals surface area contributed by atoms with Gasteiger partial charge in [-0.15, -0.1) is 0 Å². The minimum Gasteiger partial charge on any atom is -0.497 e. The fourth-order valence-corrected chi connectivity index (χ4v) is 4.35. The Labute approximate surface area is 207 Å². The summed E-state index contributed by atoms with van der Waals surface area (Å²) in [5.74, 6) is 1.40. The summed E-state index contributed by atoms with van der Waals surface area (Å²) in [5.41, 5.74) is 8.64. The Morgan fingerprint density at radius 2 is 1.75 bits per heavy atom. The standard InChI is InChI=1S/C27H24N8O/c1-35(2)15-16-9-18(12-28-11-16)21-7-8-22-25(30-21)26(34-33-22)27-31-23-14-29-13-20(24(23)32-27)17-5-4-6-19(10-17)36-3/h4-14H,15H2,1-3H3,(H,31,32)(H,33,34). The second kappa shape index (κ2) is 8.86. The first-order valence-electron chi connectivity index (χ1n) is 11.5. The summed E-state index contributed by atoms with van der Waals surface area (Å²) >= 11 is 0. The van der Waals surface area contributed by atoms with Crippen LogP contribution in [-0.2, 0) is 6.54 Å². The molecule has 0 saturated carbocycles. The molecule has 6 aromatic rings. The summed E-state index contributed by atoms with van der Waals surface area (Å²) in [5, 5.41) is 7.62. The summed E-state index contributed by atoms with van der Waals surface area (Å²) in [6, 6.07) is 13.9. The number of aromatic nitrogens is 7. The largest absolute Gasteiger partial charge is 0.497 e. The van der Waals surface area contributed by atoms with Crippen molar-refractivity contribution in [1.82, 2.24) is 40.0 Å². The Hall–Kier alpha value is -4.63. The normalized spacial score (nSPS) is 11.6. The lowest BCUT2D eigenvalue weighted by Crippen LogP contribution is -2.10. The molecule has 0 spiro atoms. The van der Waals surface area contributed by atoms with Crippen molar-refractivity contribution in [2.75, 3.05) is 21.2 Å². The summed E-state index contributed by atoms with van der Waals surface area (Å²) < 4.78 is 5.40. The number of nitrogens with zero attached hydrogens (tertiary/aromatic N) is 6. The fourth-order valence-electron chi connectivity index (χ4n) is 4.35. The van der Waals surface area contributed by atoms with Crippen molar-refractivity contribution in [1.29, 1.82) is 0 Å². The topological polar surface area (TPSA) is 108 Å². The third-order valence-corrected chi connectivity index (χ3v) is 6.00. The Balaban J connectivity index is 1.44. The van der Waals surface area contributed by atoms with Crippen LogP contribution in [0, 0.1) is 0 Å². The molecule has 6 rings (SSSR count). The van der Waals surface area contributed by atoms with E-state index >= 15 is 0 Å². The highest BCUT2D eigenvalue weighted by atomic mass is 16.5. The molecular formula is C27H24N8O. The number of methoxy groups -OCH3 is 1. The third-order valence-electron chi connectivity index (χ3n) is 6.00. The lowest BCUT2D eigenvalue weighted by Gasteiger charge is -2.10. The van der Waals surface area contributed by atoms with Gasteiger partial charge in [0.05, 0.1) is 35.6 Å². The van der Waals surface area contributed by atoms with E-state index in [0.29, 0.717) is 11.5 Å². The summed E-state index contributed by atoms with van der Waals surface area (Å²) in [6.45, 7) is 0.808. The maximum atomic E-state index is 5.40. The zero-order chi connectivity index (χ0) is 24.6. The Morgan fingerprint density at radius 3 is 2.61 bits per heavy atom. The average molecular weight is 477 g/mol. The van der Waals surface area contributed by atoms with Crippen molar-refractivity contribution in [3.63, 3.8) is 0 Å². The monoisotopic (exact) mass is 476 g/mol. The number of pyridine rings is 3. The predicted molar refractivity (Wildman–Crippen MR) is 139 cm³/mol. The first-order chi connectivity index (χ1) is 17.6. The van der Waals surface area contributed by atoms with Crippen LogP contribution in [-0.4, -0.2) is 61.2 Å². The Kier molecular flexibility index (Phi) is 5.38. The van der Waals surface area contributed by atoms with Gasteiger partial charge in [-0.05, 0) is 55.6 Å². The van der Waals surface area contributed by atoms with Gasteiger partial charge in [-0.1, -0.05) is 12.1 Å². The number of rotatable bonds is 6. The first kappa shape index (κ1) is 21.9. The van der Waals surface area contributed by atoms with E-state index in [2.05, 4.69) is 36.1 Å². The van der Waals surface area contributed by atoms with Crippen LogP contribution < -0.4 is 4.74 Å². The van der Waals surface area contributed by atoms with Gasteiger partial charge in [0.15, 0.2) is 11.5 Å². The highest BCUT2D eigenvalue weighted by Crippen LogP contribution is 2.32. The van der Waals surface area contributed by atoms with Gasteiger partial charge < -0.3 is 14.6 Å². The molecule has 1 aromatic carbocycles. The smallest absolute Gasteiger partial charge is 0.161 e. The quantitative estimate of drug-likeness (QED) is 0.359. The molecule has 0 unspecified atom stereocenters. The molecule has 5 heterocycles. The van der Waals surface area contributed by atoms with Crippen LogP contribution in [0.4, 0.5) is 0 Å². The molecule has 0 fully saturated rings. The van der Waals surface area contributed by atoms with Crippen LogP contribution >= 0.6 is 0 Å². The van der Waals surface area contributed by atoms with Crippen LogP contribution in [0.5, 0.6) is 5.75 Å². The van der Waals surface area contributed by atoms with E-state index < -0.39 is 0 Å². The van der Waals surface area contributed by atoms with Crippen molar-refractivity contribution in [3.8, 4) is 39.7 Å². The van der Waals surface area contributed by atoms with Gasteiger partial charge in [0.2, 0.25) is 0 Å². The number of H-pyrrole nitrogens is 2. The minimum absolute atomic E-state index is 0.623. The number of hydrogen-bond donors (Lipinski definition) is 2. The van der Waals surface area contributed by atoms with Gasteiger partial charge in [0.25, 0.3) is 0 Å². The SMILES string of the molecule is COc1cccc(-c2cncc3[nH]c(-c4n[nH]c5ccc(-c6cncc(CN(C)C)c6)nc45)nc23)c1. The highest BCUT2D eigenvalue weighted by Gasteiger charge is 2.17. The second-order valence-electron chi connectivity index (χ2n) is 8.89. The molecule has 9 nitrogen and oxygen atoms in total. The molecule has 0 aliphatic carbocycles. The van der Waals surface area contributed by atoms with E-state index in [1.54, 1.807) is 13.3 Å². The molecule has 0 radical (unpaired) electrons. The van der Waals surface area contributed by atoms with Crippen LogP contribution in [0.1, 0.15) is 5.56 Å². The zero-order valence-electron chi connectivity index (χ0n) is 20.1. The molecule has 0 atom stereocenters.